The largest absolute Gasteiger partial charge is 0.394 e. The Hall–Kier alpha value is -3.78. The second-order valence-electron chi connectivity index (χ2n) is 6.96. The number of aromatic nitrogens is 8. The zero-order valence-corrected chi connectivity index (χ0v) is 17.3. The van der Waals surface area contributed by atoms with Gasteiger partial charge in [-0.3, -0.25) is 28.3 Å². The highest BCUT2D eigenvalue weighted by Gasteiger charge is 2.15. The maximum atomic E-state index is 12.0. The van der Waals surface area contributed by atoms with Crippen LogP contribution in [0.3, 0.4) is 0 Å². The summed E-state index contributed by atoms with van der Waals surface area (Å²) in [4.78, 5) is 56.2. The molecule has 0 fully saturated rings. The minimum Gasteiger partial charge on any atom is -0.394 e. The van der Waals surface area contributed by atoms with Gasteiger partial charge >= 0.3 is 11.4 Å². The first-order valence-electron chi connectivity index (χ1n) is 9.08. The molecule has 0 spiro atoms. The summed E-state index contributed by atoms with van der Waals surface area (Å²) in [7, 11) is 6.16. The second-order valence-corrected chi connectivity index (χ2v) is 6.96. The van der Waals surface area contributed by atoms with Crippen molar-refractivity contribution >= 4 is 22.3 Å². The number of nitrogens with one attached hydrogen (secondary N) is 1. The van der Waals surface area contributed by atoms with Gasteiger partial charge in [0.1, 0.15) is 0 Å². The number of aliphatic hydroxyl groups excluding tert-OH is 2. The summed E-state index contributed by atoms with van der Waals surface area (Å²) in [6.45, 7) is -0.369. The summed E-state index contributed by atoms with van der Waals surface area (Å²) in [5.74, 6) is 0. The van der Waals surface area contributed by atoms with E-state index >= 15 is 0 Å². The maximum absolute atomic E-state index is 12.0. The Kier molecular flexibility index (Phi) is 5.77. The van der Waals surface area contributed by atoms with Crippen molar-refractivity contribution in [2.75, 3.05) is 6.61 Å². The molecule has 1 unspecified atom stereocenters. The van der Waals surface area contributed by atoms with Crippen LogP contribution in [0, 0.1) is 0 Å². The van der Waals surface area contributed by atoms with Crippen LogP contribution in [0.2, 0.25) is 0 Å². The molecule has 4 aromatic heterocycles. The van der Waals surface area contributed by atoms with Gasteiger partial charge in [-0.15, -0.1) is 0 Å². The molecular weight excluding hydrogens is 412 g/mol. The van der Waals surface area contributed by atoms with Crippen LogP contribution in [0.15, 0.2) is 31.8 Å². The number of H-pyrrole nitrogens is 1. The molecule has 0 saturated carbocycles. The summed E-state index contributed by atoms with van der Waals surface area (Å²) in [6.07, 6.45) is 1.88. The first-order chi connectivity index (χ1) is 14.6. The lowest BCUT2D eigenvalue weighted by Gasteiger charge is -2.09. The summed E-state index contributed by atoms with van der Waals surface area (Å²) in [6, 6.07) is 0. The zero-order valence-electron chi connectivity index (χ0n) is 17.3. The molecule has 1 atom stereocenters. The number of nitrogens with zero attached hydrogens (tertiary/aromatic N) is 7. The van der Waals surface area contributed by atoms with Gasteiger partial charge in [-0.25, -0.2) is 19.6 Å². The molecule has 0 aliphatic carbocycles. The van der Waals surface area contributed by atoms with Gasteiger partial charge in [0, 0.05) is 28.2 Å². The van der Waals surface area contributed by atoms with Crippen molar-refractivity contribution in [3.05, 3.63) is 54.3 Å². The normalized spacial score (nSPS) is 12.2. The topological polar surface area (TPSA) is 175 Å². The molecule has 4 aromatic rings. The van der Waals surface area contributed by atoms with Crippen LogP contribution >= 0.6 is 0 Å². The van der Waals surface area contributed by atoms with Crippen LogP contribution in [-0.2, 0) is 34.7 Å². The average molecular weight is 434 g/mol. The third kappa shape index (κ3) is 3.73. The number of fused-ring (bicyclic) bond motifs is 2. The first-order valence-corrected chi connectivity index (χ1v) is 9.08. The Balaban J connectivity index is 0.000000185. The Morgan fingerprint density at radius 2 is 1.55 bits per heavy atom. The van der Waals surface area contributed by atoms with Crippen LogP contribution in [0.25, 0.3) is 22.3 Å². The molecule has 0 aliphatic rings. The summed E-state index contributed by atoms with van der Waals surface area (Å²) in [5.41, 5.74) is -0.496. The van der Waals surface area contributed by atoms with Crippen molar-refractivity contribution in [3.63, 3.8) is 0 Å². The van der Waals surface area contributed by atoms with E-state index in [-0.39, 0.29) is 17.7 Å². The van der Waals surface area contributed by atoms with E-state index in [4.69, 9.17) is 5.11 Å². The number of aromatic amines is 1. The molecule has 0 amide bonds. The lowest BCUT2D eigenvalue weighted by Crippen LogP contribution is -2.38. The molecule has 4 rings (SSSR count). The molecule has 14 nitrogen and oxygen atoms in total. The third-order valence-corrected chi connectivity index (χ3v) is 4.81. The predicted molar refractivity (Wildman–Crippen MR) is 110 cm³/mol. The number of aliphatic hydroxyl groups is 2. The molecule has 0 radical (unpaired) electrons. The lowest BCUT2D eigenvalue weighted by molar-refractivity contribution is 0.0820. The summed E-state index contributed by atoms with van der Waals surface area (Å²) < 4.78 is 6.55. The number of rotatable bonds is 3. The van der Waals surface area contributed by atoms with Crippen molar-refractivity contribution in [2.24, 2.45) is 28.2 Å². The van der Waals surface area contributed by atoms with Gasteiger partial charge in [-0.05, 0) is 0 Å². The smallest absolute Gasteiger partial charge is 0.332 e. The van der Waals surface area contributed by atoms with Crippen molar-refractivity contribution in [1.82, 2.24) is 37.8 Å². The number of hydrogen-bond donors (Lipinski definition) is 3. The van der Waals surface area contributed by atoms with Crippen LogP contribution in [-0.4, -0.2) is 60.7 Å². The molecule has 166 valence electrons. The summed E-state index contributed by atoms with van der Waals surface area (Å²) >= 11 is 0. The van der Waals surface area contributed by atoms with E-state index in [1.165, 1.54) is 40.5 Å². The minimum absolute atomic E-state index is 0.0421. The van der Waals surface area contributed by atoms with Gasteiger partial charge in [-0.1, -0.05) is 0 Å². The molecule has 0 aliphatic heterocycles. The predicted octanol–water partition coefficient (Wildman–Crippen LogP) is -3.25. The Labute approximate surface area is 172 Å². The third-order valence-electron chi connectivity index (χ3n) is 4.81. The van der Waals surface area contributed by atoms with Crippen LogP contribution < -0.4 is 22.5 Å². The van der Waals surface area contributed by atoms with Gasteiger partial charge in [-0.2, -0.15) is 0 Å². The fraction of sp³-hybridized carbons (Fsp3) is 0.412. The molecule has 14 heteroatoms. The van der Waals surface area contributed by atoms with E-state index in [0.29, 0.717) is 11.2 Å². The Bertz CT molecular complexity index is 1500. The van der Waals surface area contributed by atoms with Crippen molar-refractivity contribution < 1.29 is 10.2 Å². The highest BCUT2D eigenvalue weighted by molar-refractivity contribution is 5.70. The summed E-state index contributed by atoms with van der Waals surface area (Å²) in [5, 5.41) is 18.2. The molecule has 4 heterocycles. The van der Waals surface area contributed by atoms with Gasteiger partial charge in [0.05, 0.1) is 31.9 Å². The quantitative estimate of drug-likeness (QED) is 0.301. The molecule has 3 N–H and O–H groups in total. The van der Waals surface area contributed by atoms with Gasteiger partial charge < -0.3 is 19.3 Å². The van der Waals surface area contributed by atoms with Crippen molar-refractivity contribution in [1.29, 1.82) is 0 Å². The Morgan fingerprint density at radius 3 is 2.19 bits per heavy atom. The second kappa shape index (κ2) is 8.16. The van der Waals surface area contributed by atoms with Gasteiger partial charge in [0.25, 0.3) is 11.1 Å². The monoisotopic (exact) mass is 434 g/mol. The first kappa shape index (κ1) is 21.9. The van der Waals surface area contributed by atoms with Crippen LogP contribution in [0.1, 0.15) is 0 Å². The molecule has 31 heavy (non-hydrogen) atoms. The van der Waals surface area contributed by atoms with E-state index < -0.39 is 35.2 Å². The van der Waals surface area contributed by atoms with E-state index in [1.807, 2.05) is 0 Å². The number of imidazole rings is 2. The van der Waals surface area contributed by atoms with Crippen LogP contribution in [0.4, 0.5) is 0 Å². The standard InChI is InChI=1S/C10H14N4O4.C7H8N4O2/c1-12-8-7(9(17)13(2)10(12)18)14(5-11-8)3-6(16)4-15;1-10-3-8-5-4(10)6(12)9-7(13)11(5)2/h5-6,15-16H,3-4H2,1-2H3;3H,1-2H3,(H,9,12,13). The van der Waals surface area contributed by atoms with Crippen LogP contribution in [0.5, 0.6) is 0 Å². The van der Waals surface area contributed by atoms with Crippen molar-refractivity contribution in [2.45, 2.75) is 12.6 Å². The Morgan fingerprint density at radius 1 is 0.935 bits per heavy atom. The van der Waals surface area contributed by atoms with E-state index in [9.17, 15) is 24.3 Å². The fourth-order valence-corrected chi connectivity index (χ4v) is 3.08. The lowest BCUT2D eigenvalue weighted by atomic mass is 10.3. The highest BCUT2D eigenvalue weighted by atomic mass is 16.3. The molecule has 0 saturated heterocycles. The maximum Gasteiger partial charge on any atom is 0.332 e. The van der Waals surface area contributed by atoms with Gasteiger partial charge in [0.15, 0.2) is 22.3 Å². The number of aryl methyl sites for hydroxylation is 3. The van der Waals surface area contributed by atoms with E-state index in [0.717, 1.165) is 4.57 Å². The van der Waals surface area contributed by atoms with Crippen molar-refractivity contribution in [3.8, 4) is 0 Å². The van der Waals surface area contributed by atoms with Gasteiger partial charge in [0.2, 0.25) is 0 Å². The highest BCUT2D eigenvalue weighted by Crippen LogP contribution is 2.06. The fourth-order valence-electron chi connectivity index (χ4n) is 3.08. The van der Waals surface area contributed by atoms with E-state index in [2.05, 4.69) is 15.0 Å². The molecule has 0 bridgehead atoms. The SMILES string of the molecule is Cn1c(=O)c2c(ncn2CC(O)CO)n(C)c1=O.Cn1cnc2c1c(=O)[nH]c(=O)n2C. The zero-order chi connectivity index (χ0) is 23.0. The molecular formula is C17H22N8O6. The minimum atomic E-state index is -0.982. The average Bonchev–Trinajstić information content (AvgIpc) is 3.33. The number of hydrogen-bond acceptors (Lipinski definition) is 8. The molecule has 0 aromatic carbocycles. The van der Waals surface area contributed by atoms with E-state index in [1.54, 1.807) is 18.7 Å².